The lowest BCUT2D eigenvalue weighted by Crippen LogP contribution is -2.28. The first kappa shape index (κ1) is 16.3. The van der Waals surface area contributed by atoms with E-state index in [1.807, 2.05) is 6.92 Å². The second kappa shape index (κ2) is 10.4. The van der Waals surface area contributed by atoms with Crippen molar-refractivity contribution >= 4 is 11.4 Å². The molecule has 3 heteroatoms. The SMILES string of the molecule is CCCCCCC(CCC)CC(C)[S+](N)[O-]. The summed E-state index contributed by atoms with van der Waals surface area (Å²) in [5, 5.41) is 5.58. The number of nitrogens with two attached hydrogens (primary N) is 1. The zero-order valence-electron chi connectivity index (χ0n) is 11.2. The van der Waals surface area contributed by atoms with E-state index in [9.17, 15) is 4.55 Å². The summed E-state index contributed by atoms with van der Waals surface area (Å²) in [6.45, 7) is 6.47. The van der Waals surface area contributed by atoms with Gasteiger partial charge in [-0.3, -0.25) is 0 Å². The van der Waals surface area contributed by atoms with E-state index in [0.29, 0.717) is 0 Å². The maximum atomic E-state index is 11.1. The summed E-state index contributed by atoms with van der Waals surface area (Å²) in [6, 6.07) is 0. The van der Waals surface area contributed by atoms with E-state index in [2.05, 4.69) is 13.8 Å². The molecule has 0 spiro atoms. The first-order valence-electron chi connectivity index (χ1n) is 6.76. The number of hydrogen-bond donors (Lipinski definition) is 1. The lowest BCUT2D eigenvalue weighted by atomic mass is 9.92. The van der Waals surface area contributed by atoms with E-state index in [4.69, 9.17) is 5.14 Å². The molecule has 0 saturated heterocycles. The maximum Gasteiger partial charge on any atom is 0.132 e. The van der Waals surface area contributed by atoms with Crippen molar-refractivity contribution in [2.45, 2.75) is 77.4 Å². The molecule has 0 saturated carbocycles. The molecule has 0 aromatic heterocycles. The normalized spacial score (nSPS) is 17.1. The minimum atomic E-state index is -1.14. The monoisotopic (exact) mass is 247 g/mol. The zero-order chi connectivity index (χ0) is 12.4. The van der Waals surface area contributed by atoms with Crippen LogP contribution in [0.2, 0.25) is 0 Å². The fourth-order valence-electron chi connectivity index (χ4n) is 2.21. The van der Waals surface area contributed by atoms with Crippen molar-refractivity contribution in [2.24, 2.45) is 11.1 Å². The van der Waals surface area contributed by atoms with Crippen molar-refractivity contribution in [3.8, 4) is 0 Å². The number of unbranched alkanes of at least 4 members (excludes halogenated alkanes) is 3. The van der Waals surface area contributed by atoms with Crippen LogP contribution in [0.15, 0.2) is 0 Å². The Labute approximate surface area is 105 Å². The first-order chi connectivity index (χ1) is 7.61. The summed E-state index contributed by atoms with van der Waals surface area (Å²) in [6.07, 6.45) is 10.1. The molecule has 98 valence electrons. The Kier molecular flexibility index (Phi) is 10.6. The Balaban J connectivity index is 3.78. The van der Waals surface area contributed by atoms with Gasteiger partial charge in [-0.1, -0.05) is 58.8 Å². The van der Waals surface area contributed by atoms with Gasteiger partial charge < -0.3 is 4.55 Å². The summed E-state index contributed by atoms with van der Waals surface area (Å²) in [7, 11) is 0. The Bertz CT molecular complexity index is 153. The molecule has 0 fully saturated rings. The molecule has 0 aliphatic carbocycles. The molecule has 0 radical (unpaired) electrons. The van der Waals surface area contributed by atoms with E-state index >= 15 is 0 Å². The molecule has 2 nitrogen and oxygen atoms in total. The average molecular weight is 247 g/mol. The Hall–Kier alpha value is 0.270. The molecule has 16 heavy (non-hydrogen) atoms. The van der Waals surface area contributed by atoms with E-state index in [1.54, 1.807) is 0 Å². The van der Waals surface area contributed by atoms with Gasteiger partial charge in [0.05, 0.1) is 0 Å². The molecule has 0 heterocycles. The molecular weight excluding hydrogens is 218 g/mol. The highest BCUT2D eigenvalue weighted by Crippen LogP contribution is 2.23. The predicted octanol–water partition coefficient (Wildman–Crippen LogP) is 3.77. The first-order valence-corrected chi connectivity index (χ1v) is 8.04. The molecule has 0 aromatic carbocycles. The highest BCUT2D eigenvalue weighted by molar-refractivity contribution is 7.89. The van der Waals surface area contributed by atoms with Crippen LogP contribution >= 0.6 is 0 Å². The van der Waals surface area contributed by atoms with E-state index in [1.165, 1.54) is 44.9 Å². The zero-order valence-corrected chi connectivity index (χ0v) is 12.0. The van der Waals surface area contributed by atoms with E-state index < -0.39 is 11.4 Å². The minimum Gasteiger partial charge on any atom is -0.598 e. The summed E-state index contributed by atoms with van der Waals surface area (Å²) < 4.78 is 11.1. The van der Waals surface area contributed by atoms with Crippen LogP contribution in [0.3, 0.4) is 0 Å². The minimum absolute atomic E-state index is 0.155. The highest BCUT2D eigenvalue weighted by Gasteiger charge is 2.19. The third-order valence-corrected chi connectivity index (χ3v) is 4.21. The quantitative estimate of drug-likeness (QED) is 0.472. The lowest BCUT2D eigenvalue weighted by molar-refractivity contribution is 0.390. The number of rotatable bonds is 10. The van der Waals surface area contributed by atoms with E-state index in [0.717, 1.165) is 12.3 Å². The molecule has 0 aliphatic rings. The molecule has 0 bridgehead atoms. The summed E-state index contributed by atoms with van der Waals surface area (Å²) in [5.41, 5.74) is 0. The topological polar surface area (TPSA) is 49.1 Å². The lowest BCUT2D eigenvalue weighted by Gasteiger charge is -2.20. The molecular formula is C13H29NOS. The van der Waals surface area contributed by atoms with Crippen LogP contribution in [0.4, 0.5) is 0 Å². The van der Waals surface area contributed by atoms with Crippen molar-refractivity contribution < 1.29 is 4.55 Å². The van der Waals surface area contributed by atoms with Gasteiger partial charge in [0.25, 0.3) is 0 Å². The van der Waals surface area contributed by atoms with Gasteiger partial charge in [0.1, 0.15) is 5.25 Å². The van der Waals surface area contributed by atoms with Gasteiger partial charge in [-0.2, -0.15) is 5.14 Å². The second-order valence-corrected chi connectivity index (χ2v) is 6.34. The maximum absolute atomic E-state index is 11.1. The fraction of sp³-hybridized carbons (Fsp3) is 1.00. The highest BCUT2D eigenvalue weighted by atomic mass is 32.2. The Morgan fingerprint density at radius 2 is 1.75 bits per heavy atom. The van der Waals surface area contributed by atoms with Crippen LogP contribution in [0.25, 0.3) is 0 Å². The largest absolute Gasteiger partial charge is 0.598 e. The van der Waals surface area contributed by atoms with Crippen molar-refractivity contribution in [3.63, 3.8) is 0 Å². The smallest absolute Gasteiger partial charge is 0.132 e. The van der Waals surface area contributed by atoms with Gasteiger partial charge in [0, 0.05) is 11.4 Å². The fourth-order valence-corrected chi connectivity index (χ4v) is 2.67. The van der Waals surface area contributed by atoms with E-state index in [-0.39, 0.29) is 5.25 Å². The number of hydrogen-bond acceptors (Lipinski definition) is 2. The van der Waals surface area contributed by atoms with Crippen molar-refractivity contribution in [2.75, 3.05) is 0 Å². The third kappa shape index (κ3) is 8.43. The molecule has 2 N–H and O–H groups in total. The Morgan fingerprint density at radius 1 is 1.06 bits per heavy atom. The van der Waals surface area contributed by atoms with Crippen LogP contribution in [0, 0.1) is 5.92 Å². The van der Waals surface area contributed by atoms with Crippen LogP contribution < -0.4 is 5.14 Å². The van der Waals surface area contributed by atoms with Crippen molar-refractivity contribution in [3.05, 3.63) is 0 Å². The predicted molar refractivity (Wildman–Crippen MR) is 73.6 cm³/mol. The second-order valence-electron chi connectivity index (χ2n) is 4.88. The van der Waals surface area contributed by atoms with Gasteiger partial charge in [-0.05, 0) is 19.3 Å². The van der Waals surface area contributed by atoms with Crippen LogP contribution in [0.5, 0.6) is 0 Å². The summed E-state index contributed by atoms with van der Waals surface area (Å²) in [4.78, 5) is 0. The Morgan fingerprint density at radius 3 is 2.25 bits per heavy atom. The molecule has 3 unspecified atom stereocenters. The van der Waals surface area contributed by atoms with Crippen LogP contribution in [0.1, 0.15) is 72.1 Å². The van der Waals surface area contributed by atoms with Gasteiger partial charge in [0.2, 0.25) is 0 Å². The molecule has 0 rings (SSSR count). The molecule has 0 aliphatic heterocycles. The standard InChI is InChI=1S/C13H29NOS/c1-4-6-7-8-10-13(9-5-2)11-12(3)16(14)15/h12-13H,4-11,14H2,1-3H3. The average Bonchev–Trinajstić information content (AvgIpc) is 2.24. The van der Waals surface area contributed by atoms with Gasteiger partial charge in [-0.25, -0.2) is 0 Å². The van der Waals surface area contributed by atoms with Crippen molar-refractivity contribution in [1.29, 1.82) is 0 Å². The van der Waals surface area contributed by atoms with Gasteiger partial charge in [-0.15, -0.1) is 0 Å². The van der Waals surface area contributed by atoms with Gasteiger partial charge in [0.15, 0.2) is 0 Å². The molecule has 0 amide bonds. The van der Waals surface area contributed by atoms with Gasteiger partial charge >= 0.3 is 0 Å². The molecule has 0 aromatic rings. The van der Waals surface area contributed by atoms with Crippen molar-refractivity contribution in [1.82, 2.24) is 0 Å². The summed E-state index contributed by atoms with van der Waals surface area (Å²) in [5.74, 6) is 0.726. The van der Waals surface area contributed by atoms with Crippen LogP contribution in [-0.2, 0) is 11.4 Å². The third-order valence-electron chi connectivity index (χ3n) is 3.22. The molecule has 3 atom stereocenters. The van der Waals surface area contributed by atoms with Crippen LogP contribution in [-0.4, -0.2) is 9.80 Å². The summed E-state index contributed by atoms with van der Waals surface area (Å²) >= 11 is -1.14.